The monoisotopic (exact) mass is 282 g/mol. The molecule has 0 aliphatic rings. The van der Waals surface area contributed by atoms with E-state index in [9.17, 15) is 27.1 Å². The Morgan fingerprint density at radius 2 is 1.47 bits per heavy atom. The van der Waals surface area contributed by atoms with E-state index < -0.39 is 23.8 Å². The summed E-state index contributed by atoms with van der Waals surface area (Å²) in [7, 11) is 0. The molecule has 0 aromatic heterocycles. The van der Waals surface area contributed by atoms with E-state index in [0.29, 0.717) is 12.3 Å². The molecule has 0 spiro atoms. The molecule has 1 N–H and O–H groups in total. The number of hydrogen-bond acceptors (Lipinski definition) is 1. The van der Waals surface area contributed by atoms with Crippen molar-refractivity contribution in [2.75, 3.05) is 0 Å². The fourth-order valence-corrected chi connectivity index (χ4v) is 1.67. The summed E-state index contributed by atoms with van der Waals surface area (Å²) in [6.45, 7) is 3.92. The molecule has 1 rings (SSSR count). The van der Waals surface area contributed by atoms with Gasteiger partial charge in [-0.1, -0.05) is 38.1 Å². The van der Waals surface area contributed by atoms with Crippen LogP contribution in [0.5, 0.6) is 0 Å². The molecular formula is C13H15F5O. The normalized spacial score (nSPS) is 14.8. The van der Waals surface area contributed by atoms with Crippen LogP contribution in [0.25, 0.3) is 0 Å². The summed E-state index contributed by atoms with van der Waals surface area (Å²) in [5, 5.41) is 9.19. The van der Waals surface area contributed by atoms with Crippen LogP contribution in [0.1, 0.15) is 31.1 Å². The topological polar surface area (TPSA) is 20.2 Å². The lowest BCUT2D eigenvalue weighted by Gasteiger charge is -2.25. The third-order valence-electron chi connectivity index (χ3n) is 2.66. The van der Waals surface area contributed by atoms with Crippen molar-refractivity contribution in [3.05, 3.63) is 35.4 Å². The second kappa shape index (κ2) is 5.45. The maximum atomic E-state index is 12.9. The molecule has 1 aromatic rings. The molecule has 1 nitrogen and oxygen atoms in total. The summed E-state index contributed by atoms with van der Waals surface area (Å²) in [6.07, 6.45) is -7.98. The summed E-state index contributed by atoms with van der Waals surface area (Å²) in [4.78, 5) is 0. The van der Waals surface area contributed by atoms with Crippen LogP contribution in [-0.2, 0) is 6.42 Å². The molecule has 19 heavy (non-hydrogen) atoms. The number of benzene rings is 1. The highest BCUT2D eigenvalue weighted by Crippen LogP contribution is 2.44. The Kier molecular flexibility index (Phi) is 4.55. The van der Waals surface area contributed by atoms with Crippen LogP contribution >= 0.6 is 0 Å². The minimum Gasteiger partial charge on any atom is -0.382 e. The molecule has 0 heterocycles. The SMILES string of the molecule is CC(C)Cc1ccc(C(O)C(F)(F)C(F)(F)F)cc1. The largest absolute Gasteiger partial charge is 0.456 e. The van der Waals surface area contributed by atoms with Gasteiger partial charge in [0.15, 0.2) is 6.10 Å². The van der Waals surface area contributed by atoms with Gasteiger partial charge in [0.1, 0.15) is 0 Å². The summed E-state index contributed by atoms with van der Waals surface area (Å²) >= 11 is 0. The zero-order valence-electron chi connectivity index (χ0n) is 10.5. The van der Waals surface area contributed by atoms with Crippen molar-refractivity contribution >= 4 is 0 Å². The summed E-state index contributed by atoms with van der Waals surface area (Å²) in [6, 6.07) is 5.10. The molecule has 0 saturated heterocycles. The lowest BCUT2D eigenvalue weighted by molar-refractivity contribution is -0.315. The van der Waals surface area contributed by atoms with E-state index in [-0.39, 0.29) is 0 Å². The fourth-order valence-electron chi connectivity index (χ4n) is 1.67. The van der Waals surface area contributed by atoms with Crippen LogP contribution in [0.2, 0.25) is 0 Å². The molecule has 1 unspecified atom stereocenters. The average molecular weight is 282 g/mol. The molecule has 1 atom stereocenters. The number of halogens is 5. The van der Waals surface area contributed by atoms with E-state index in [0.717, 1.165) is 17.7 Å². The number of alkyl halides is 5. The van der Waals surface area contributed by atoms with Crippen molar-refractivity contribution in [1.82, 2.24) is 0 Å². The summed E-state index contributed by atoms with van der Waals surface area (Å²) in [5.74, 6) is -4.82. The van der Waals surface area contributed by atoms with E-state index in [1.54, 1.807) is 0 Å². The molecule has 0 fully saturated rings. The molecule has 108 valence electrons. The number of aliphatic hydroxyl groups excluding tert-OH is 1. The van der Waals surface area contributed by atoms with Crippen molar-refractivity contribution in [1.29, 1.82) is 0 Å². The Labute approximate surface area is 108 Å². The second-order valence-electron chi connectivity index (χ2n) is 4.86. The molecule has 6 heteroatoms. The van der Waals surface area contributed by atoms with E-state index in [2.05, 4.69) is 0 Å². The quantitative estimate of drug-likeness (QED) is 0.824. The number of hydrogen-bond donors (Lipinski definition) is 1. The number of aliphatic hydroxyl groups is 1. The predicted molar refractivity (Wildman–Crippen MR) is 60.9 cm³/mol. The smallest absolute Gasteiger partial charge is 0.382 e. The van der Waals surface area contributed by atoms with E-state index in [4.69, 9.17) is 0 Å². The van der Waals surface area contributed by atoms with Crippen LogP contribution in [0.4, 0.5) is 22.0 Å². The van der Waals surface area contributed by atoms with Crippen molar-refractivity contribution in [3.8, 4) is 0 Å². The maximum Gasteiger partial charge on any atom is 0.456 e. The second-order valence-corrected chi connectivity index (χ2v) is 4.86. The predicted octanol–water partition coefficient (Wildman–Crippen LogP) is 4.12. The Bertz CT molecular complexity index is 408. The summed E-state index contributed by atoms with van der Waals surface area (Å²) < 4.78 is 62.2. The third-order valence-corrected chi connectivity index (χ3v) is 2.66. The zero-order valence-corrected chi connectivity index (χ0v) is 10.5. The molecule has 1 aromatic carbocycles. The van der Waals surface area contributed by atoms with Gasteiger partial charge < -0.3 is 5.11 Å². The Morgan fingerprint density at radius 1 is 1.00 bits per heavy atom. The van der Waals surface area contributed by atoms with E-state index >= 15 is 0 Å². The fraction of sp³-hybridized carbons (Fsp3) is 0.538. The van der Waals surface area contributed by atoms with Crippen LogP contribution in [0.3, 0.4) is 0 Å². The first kappa shape index (κ1) is 15.9. The van der Waals surface area contributed by atoms with Crippen LogP contribution in [-0.4, -0.2) is 17.2 Å². The molecule has 0 radical (unpaired) electrons. The first-order chi connectivity index (χ1) is 8.55. The van der Waals surface area contributed by atoms with Crippen molar-refractivity contribution in [2.45, 2.75) is 38.5 Å². The average Bonchev–Trinajstić information content (AvgIpc) is 2.26. The van der Waals surface area contributed by atoms with E-state index in [1.165, 1.54) is 12.1 Å². The van der Waals surface area contributed by atoms with Gasteiger partial charge in [0.05, 0.1) is 0 Å². The lowest BCUT2D eigenvalue weighted by Crippen LogP contribution is -2.42. The van der Waals surface area contributed by atoms with Crippen LogP contribution < -0.4 is 0 Å². The maximum absolute atomic E-state index is 12.9. The molecule has 0 saturated carbocycles. The highest BCUT2D eigenvalue weighted by atomic mass is 19.4. The van der Waals surface area contributed by atoms with Gasteiger partial charge in [0.25, 0.3) is 0 Å². The molecule has 0 aliphatic carbocycles. The number of rotatable bonds is 4. The minimum absolute atomic E-state index is 0.340. The lowest BCUT2D eigenvalue weighted by atomic mass is 9.98. The first-order valence-electron chi connectivity index (χ1n) is 5.77. The van der Waals surface area contributed by atoms with Crippen LogP contribution in [0.15, 0.2) is 24.3 Å². The van der Waals surface area contributed by atoms with Gasteiger partial charge in [-0.15, -0.1) is 0 Å². The van der Waals surface area contributed by atoms with Gasteiger partial charge in [0, 0.05) is 0 Å². The molecule has 0 aliphatic heterocycles. The molecule has 0 amide bonds. The standard InChI is InChI=1S/C13H15F5O/c1-8(2)7-9-3-5-10(6-4-9)11(19)12(14,15)13(16,17)18/h3-6,8,11,19H,7H2,1-2H3. The molecule has 0 bridgehead atoms. The minimum atomic E-state index is -5.77. The van der Waals surface area contributed by atoms with Gasteiger partial charge in [-0.05, 0) is 23.5 Å². The van der Waals surface area contributed by atoms with Gasteiger partial charge in [-0.2, -0.15) is 22.0 Å². The Morgan fingerprint density at radius 3 is 1.84 bits per heavy atom. The molecular weight excluding hydrogens is 267 g/mol. The van der Waals surface area contributed by atoms with Gasteiger partial charge in [-0.25, -0.2) is 0 Å². The highest BCUT2D eigenvalue weighted by Gasteiger charge is 2.62. The van der Waals surface area contributed by atoms with Gasteiger partial charge in [0.2, 0.25) is 0 Å². The van der Waals surface area contributed by atoms with Gasteiger partial charge in [-0.3, -0.25) is 0 Å². The Hall–Kier alpha value is -1.17. The summed E-state index contributed by atoms with van der Waals surface area (Å²) in [5.41, 5.74) is 0.371. The van der Waals surface area contributed by atoms with Crippen molar-refractivity contribution < 1.29 is 27.1 Å². The van der Waals surface area contributed by atoms with Crippen LogP contribution in [0, 0.1) is 5.92 Å². The van der Waals surface area contributed by atoms with Gasteiger partial charge >= 0.3 is 12.1 Å². The first-order valence-corrected chi connectivity index (χ1v) is 5.77. The zero-order chi connectivity index (χ0) is 14.8. The Balaban J connectivity index is 2.92. The van der Waals surface area contributed by atoms with Crippen molar-refractivity contribution in [2.24, 2.45) is 5.92 Å². The highest BCUT2D eigenvalue weighted by molar-refractivity contribution is 5.26. The van der Waals surface area contributed by atoms with E-state index in [1.807, 2.05) is 13.8 Å². The third kappa shape index (κ3) is 3.65. The van der Waals surface area contributed by atoms with Crippen molar-refractivity contribution in [3.63, 3.8) is 0 Å².